The van der Waals surface area contributed by atoms with E-state index >= 15 is 0 Å². The molecule has 0 saturated heterocycles. The van der Waals surface area contributed by atoms with Crippen molar-refractivity contribution >= 4 is 17.0 Å². The maximum atomic E-state index is 13.5. The number of para-hydroxylation sites is 1. The molecule has 0 radical (unpaired) electrons. The van der Waals surface area contributed by atoms with Gasteiger partial charge in [0.1, 0.15) is 22.8 Å². The molecule has 2 aromatic carbocycles. The molecule has 0 spiro atoms. The number of aryl methyl sites for hydroxylation is 2. The van der Waals surface area contributed by atoms with E-state index in [1.165, 1.54) is 0 Å². The molecular formula is C29H34N2O5S. The summed E-state index contributed by atoms with van der Waals surface area (Å²) in [5.41, 5.74) is 3.64. The number of hydrogen-bond acceptors (Lipinski definition) is 5. The average Bonchev–Trinajstić information content (AvgIpc) is 2.99. The van der Waals surface area contributed by atoms with Crippen molar-refractivity contribution < 1.29 is 18.5 Å². The lowest BCUT2D eigenvalue weighted by atomic mass is 9.87. The Bertz CT molecular complexity index is 1350. The van der Waals surface area contributed by atoms with Gasteiger partial charge in [-0.3, -0.25) is 9.59 Å². The quantitative estimate of drug-likeness (QED) is 0.405. The van der Waals surface area contributed by atoms with Gasteiger partial charge >= 0.3 is 5.97 Å². The van der Waals surface area contributed by atoms with Crippen LogP contribution < -0.4 is 10.3 Å². The van der Waals surface area contributed by atoms with Crippen molar-refractivity contribution in [2.24, 2.45) is 0 Å². The van der Waals surface area contributed by atoms with Crippen LogP contribution in [0.1, 0.15) is 55.4 Å². The maximum Gasteiger partial charge on any atom is 0.306 e. The van der Waals surface area contributed by atoms with Gasteiger partial charge in [-0.1, -0.05) is 30.3 Å². The van der Waals surface area contributed by atoms with Gasteiger partial charge in [-0.2, -0.15) is 0 Å². The van der Waals surface area contributed by atoms with Gasteiger partial charge in [-0.15, -0.1) is 0 Å². The third kappa shape index (κ3) is 6.19. The molecule has 196 valence electrons. The molecule has 1 aromatic heterocycles. The van der Waals surface area contributed by atoms with Crippen molar-refractivity contribution in [2.45, 2.75) is 64.1 Å². The van der Waals surface area contributed by atoms with Gasteiger partial charge in [0.05, 0.1) is 17.9 Å². The third-order valence-electron chi connectivity index (χ3n) is 6.62. The number of pyridine rings is 1. The minimum Gasteiger partial charge on any atom is -0.488 e. The van der Waals surface area contributed by atoms with Crippen LogP contribution in [0.2, 0.25) is 0 Å². The fourth-order valence-corrected chi connectivity index (χ4v) is 6.01. The number of benzene rings is 2. The summed E-state index contributed by atoms with van der Waals surface area (Å²) in [6.07, 6.45) is 1.77. The van der Waals surface area contributed by atoms with Crippen LogP contribution in [0.4, 0.5) is 0 Å². The largest absolute Gasteiger partial charge is 0.488 e. The van der Waals surface area contributed by atoms with Crippen LogP contribution in [-0.4, -0.2) is 38.3 Å². The van der Waals surface area contributed by atoms with E-state index in [0.717, 1.165) is 22.3 Å². The lowest BCUT2D eigenvalue weighted by Gasteiger charge is -2.23. The standard InChI is InChI=1S/C29H34N2O5S/c1-5-30-14-13-23(16-28(30)32)25(17-29(33)35-6-2)22-12-11-20(3)24(15-22)19-31-18-21(4)36-26-9-7-8-10-27(26)37(31)34/h7-16,21,25H,5-6,17-19H2,1-4H3. The maximum absolute atomic E-state index is 13.5. The Labute approximate surface area is 220 Å². The molecule has 8 heteroatoms. The first-order chi connectivity index (χ1) is 17.8. The smallest absolute Gasteiger partial charge is 0.306 e. The second-order valence-corrected chi connectivity index (χ2v) is 10.7. The summed E-state index contributed by atoms with van der Waals surface area (Å²) in [5.74, 6) is -0.00154. The zero-order valence-corrected chi connectivity index (χ0v) is 22.6. The fourth-order valence-electron chi connectivity index (χ4n) is 4.65. The van der Waals surface area contributed by atoms with E-state index in [-0.39, 0.29) is 30.0 Å². The number of fused-ring (bicyclic) bond motifs is 1. The molecule has 3 unspecified atom stereocenters. The second-order valence-electron chi connectivity index (χ2n) is 9.28. The molecule has 4 rings (SSSR count). The first-order valence-electron chi connectivity index (χ1n) is 12.7. The molecular weight excluding hydrogens is 488 g/mol. The van der Waals surface area contributed by atoms with Gasteiger partial charge in [0.15, 0.2) is 0 Å². The number of nitrogens with zero attached hydrogens (tertiary/aromatic N) is 2. The van der Waals surface area contributed by atoms with Gasteiger partial charge in [0.25, 0.3) is 5.56 Å². The Kier molecular flexibility index (Phi) is 8.61. The van der Waals surface area contributed by atoms with Crippen molar-refractivity contribution in [1.29, 1.82) is 0 Å². The molecule has 7 nitrogen and oxygen atoms in total. The van der Waals surface area contributed by atoms with E-state index in [0.29, 0.717) is 36.9 Å². The van der Waals surface area contributed by atoms with E-state index in [1.54, 1.807) is 23.8 Å². The lowest BCUT2D eigenvalue weighted by molar-refractivity contribution is -0.143. The average molecular weight is 523 g/mol. The molecule has 2 heterocycles. The third-order valence-corrected chi connectivity index (χ3v) is 8.08. The van der Waals surface area contributed by atoms with Gasteiger partial charge < -0.3 is 14.0 Å². The van der Waals surface area contributed by atoms with Crippen molar-refractivity contribution in [3.05, 3.63) is 93.4 Å². The highest BCUT2D eigenvalue weighted by Crippen LogP contribution is 2.32. The van der Waals surface area contributed by atoms with Gasteiger partial charge in [0.2, 0.25) is 0 Å². The summed E-state index contributed by atoms with van der Waals surface area (Å²) in [6.45, 7) is 9.54. The summed E-state index contributed by atoms with van der Waals surface area (Å²) >= 11 is 0. The molecule has 3 aromatic rings. The first-order valence-corrected chi connectivity index (χ1v) is 13.8. The van der Waals surface area contributed by atoms with Crippen LogP contribution >= 0.6 is 0 Å². The molecule has 1 aliphatic heterocycles. The first kappa shape index (κ1) is 26.8. The number of hydrogen-bond donors (Lipinski definition) is 0. The van der Waals surface area contributed by atoms with Crippen LogP contribution in [0.5, 0.6) is 5.75 Å². The minimum absolute atomic E-state index is 0.103. The highest BCUT2D eigenvalue weighted by Gasteiger charge is 2.27. The molecule has 1 aliphatic rings. The van der Waals surface area contributed by atoms with Crippen molar-refractivity contribution in [1.82, 2.24) is 8.87 Å². The van der Waals surface area contributed by atoms with Gasteiger partial charge in [0, 0.05) is 37.8 Å². The van der Waals surface area contributed by atoms with E-state index in [4.69, 9.17) is 9.47 Å². The highest BCUT2D eigenvalue weighted by atomic mass is 32.2. The second kappa shape index (κ2) is 11.9. The molecule has 0 bridgehead atoms. The number of rotatable bonds is 8. The summed E-state index contributed by atoms with van der Waals surface area (Å²) < 4.78 is 28.3. The van der Waals surface area contributed by atoms with Crippen LogP contribution in [0.15, 0.2) is 70.5 Å². The van der Waals surface area contributed by atoms with Crippen LogP contribution in [0.25, 0.3) is 0 Å². The summed E-state index contributed by atoms with van der Waals surface area (Å²) in [7, 11) is -1.38. The molecule has 3 atom stereocenters. The van der Waals surface area contributed by atoms with E-state index in [9.17, 15) is 13.8 Å². The fraction of sp³-hybridized carbons (Fsp3) is 0.379. The van der Waals surface area contributed by atoms with Crippen LogP contribution in [-0.2, 0) is 33.6 Å². The Balaban J connectivity index is 1.69. The summed E-state index contributed by atoms with van der Waals surface area (Å²) in [6, 6.07) is 17.0. The summed E-state index contributed by atoms with van der Waals surface area (Å²) in [5, 5.41) is 0. The van der Waals surface area contributed by atoms with E-state index < -0.39 is 11.0 Å². The number of carbonyl (C=O) groups is 1. The minimum atomic E-state index is -1.38. The SMILES string of the molecule is CCOC(=O)CC(c1ccc(C)c(CN2CC(C)Oc3ccccc3S2=O)c1)c1ccn(CC)c(=O)c1. The van der Waals surface area contributed by atoms with Crippen LogP contribution in [0, 0.1) is 6.92 Å². The zero-order valence-electron chi connectivity index (χ0n) is 21.8. The predicted octanol–water partition coefficient (Wildman–Crippen LogP) is 4.57. The van der Waals surface area contributed by atoms with Gasteiger partial charge in [-0.25, -0.2) is 8.51 Å². The molecule has 0 aliphatic carbocycles. The predicted molar refractivity (Wildman–Crippen MR) is 144 cm³/mol. The molecule has 0 amide bonds. The monoisotopic (exact) mass is 522 g/mol. The Hall–Kier alpha value is -3.23. The van der Waals surface area contributed by atoms with Gasteiger partial charge in [-0.05, 0) is 68.1 Å². The highest BCUT2D eigenvalue weighted by molar-refractivity contribution is 7.82. The Morgan fingerprint density at radius 3 is 2.62 bits per heavy atom. The summed E-state index contributed by atoms with van der Waals surface area (Å²) in [4.78, 5) is 25.8. The zero-order chi connectivity index (χ0) is 26.5. The normalized spacial score (nSPS) is 18.4. The van der Waals surface area contributed by atoms with E-state index in [2.05, 4.69) is 6.07 Å². The molecule has 37 heavy (non-hydrogen) atoms. The van der Waals surface area contributed by atoms with Crippen molar-refractivity contribution in [3.8, 4) is 5.75 Å². The number of esters is 1. The Morgan fingerprint density at radius 1 is 1.14 bits per heavy atom. The van der Waals surface area contributed by atoms with Crippen molar-refractivity contribution in [2.75, 3.05) is 13.2 Å². The van der Waals surface area contributed by atoms with E-state index in [1.807, 2.05) is 67.5 Å². The van der Waals surface area contributed by atoms with Crippen LogP contribution in [0.3, 0.4) is 0 Å². The Morgan fingerprint density at radius 2 is 1.89 bits per heavy atom. The molecule has 0 N–H and O–H groups in total. The number of aromatic nitrogens is 1. The number of ether oxygens (including phenoxy) is 2. The molecule has 0 fully saturated rings. The topological polar surface area (TPSA) is 77.8 Å². The molecule has 0 saturated carbocycles. The number of carbonyl (C=O) groups excluding carboxylic acids is 1. The van der Waals surface area contributed by atoms with Crippen molar-refractivity contribution in [3.63, 3.8) is 0 Å². The lowest BCUT2D eigenvalue weighted by Crippen LogP contribution is -2.32.